The molecular formula is C18H19F2NO4S. The summed E-state index contributed by atoms with van der Waals surface area (Å²) in [5, 5.41) is 0. The summed E-state index contributed by atoms with van der Waals surface area (Å²) >= 11 is 0. The van der Waals surface area contributed by atoms with Crippen LogP contribution in [0.1, 0.15) is 24.4 Å². The first-order valence-electron chi connectivity index (χ1n) is 8.07. The van der Waals surface area contributed by atoms with Crippen LogP contribution in [0.2, 0.25) is 0 Å². The van der Waals surface area contributed by atoms with Crippen LogP contribution in [0.25, 0.3) is 0 Å². The Morgan fingerprint density at radius 3 is 2.38 bits per heavy atom. The molecule has 0 aliphatic carbocycles. The van der Waals surface area contributed by atoms with E-state index < -0.39 is 27.7 Å². The summed E-state index contributed by atoms with van der Waals surface area (Å²) in [7, 11) is -0.929. The molecule has 0 aromatic heterocycles. The monoisotopic (exact) mass is 383 g/mol. The fourth-order valence-corrected chi connectivity index (χ4v) is 4.89. The first kappa shape index (κ1) is 18.6. The van der Waals surface area contributed by atoms with E-state index >= 15 is 0 Å². The summed E-state index contributed by atoms with van der Waals surface area (Å²) in [5.41, 5.74) is 0.756. The molecule has 1 saturated heterocycles. The van der Waals surface area contributed by atoms with Crippen LogP contribution in [0.5, 0.6) is 11.5 Å². The Bertz CT molecular complexity index is 917. The predicted octanol–water partition coefficient (Wildman–Crippen LogP) is 3.51. The van der Waals surface area contributed by atoms with Gasteiger partial charge in [0.2, 0.25) is 10.0 Å². The predicted molar refractivity (Wildman–Crippen MR) is 91.8 cm³/mol. The van der Waals surface area contributed by atoms with Gasteiger partial charge in [-0.1, -0.05) is 6.07 Å². The number of ether oxygens (including phenoxy) is 2. The van der Waals surface area contributed by atoms with Gasteiger partial charge in [-0.05, 0) is 48.7 Å². The summed E-state index contributed by atoms with van der Waals surface area (Å²) in [5.74, 6) is -1.22. The van der Waals surface area contributed by atoms with Crippen LogP contribution in [0.4, 0.5) is 8.78 Å². The Hall–Kier alpha value is -2.19. The van der Waals surface area contributed by atoms with Gasteiger partial charge >= 0.3 is 0 Å². The molecule has 5 nitrogen and oxygen atoms in total. The molecule has 8 heteroatoms. The Kier molecular flexibility index (Phi) is 5.15. The average Bonchev–Trinajstić information content (AvgIpc) is 3.14. The molecule has 0 spiro atoms. The molecule has 1 atom stereocenters. The molecule has 3 rings (SSSR count). The van der Waals surface area contributed by atoms with Crippen molar-refractivity contribution in [3.8, 4) is 11.5 Å². The number of benzene rings is 2. The van der Waals surface area contributed by atoms with Gasteiger partial charge in [-0.2, -0.15) is 4.31 Å². The van der Waals surface area contributed by atoms with Crippen molar-refractivity contribution in [2.45, 2.75) is 23.8 Å². The zero-order valence-corrected chi connectivity index (χ0v) is 15.2. The smallest absolute Gasteiger partial charge is 0.243 e. The average molecular weight is 383 g/mol. The minimum Gasteiger partial charge on any atom is -0.493 e. The van der Waals surface area contributed by atoms with E-state index in [1.165, 1.54) is 18.5 Å². The molecule has 1 unspecified atom stereocenters. The highest BCUT2D eigenvalue weighted by atomic mass is 32.2. The van der Waals surface area contributed by atoms with E-state index in [-0.39, 0.29) is 4.90 Å². The summed E-state index contributed by atoms with van der Waals surface area (Å²) < 4.78 is 64.4. The Labute approximate surface area is 151 Å². The first-order valence-corrected chi connectivity index (χ1v) is 9.51. The summed E-state index contributed by atoms with van der Waals surface area (Å²) in [6.45, 7) is 0.306. The van der Waals surface area contributed by atoms with Crippen LogP contribution >= 0.6 is 0 Å². The first-order chi connectivity index (χ1) is 12.4. The zero-order chi connectivity index (χ0) is 18.9. The van der Waals surface area contributed by atoms with Crippen LogP contribution in [0, 0.1) is 11.6 Å². The lowest BCUT2D eigenvalue weighted by molar-refractivity contribution is 0.351. The van der Waals surface area contributed by atoms with E-state index in [1.807, 2.05) is 0 Å². The third kappa shape index (κ3) is 3.26. The molecule has 2 aromatic rings. The Morgan fingerprint density at radius 1 is 1.00 bits per heavy atom. The zero-order valence-electron chi connectivity index (χ0n) is 14.4. The van der Waals surface area contributed by atoms with Crippen molar-refractivity contribution >= 4 is 10.0 Å². The van der Waals surface area contributed by atoms with Gasteiger partial charge in [0, 0.05) is 6.54 Å². The fraction of sp³-hybridized carbons (Fsp3) is 0.333. The minimum atomic E-state index is -3.96. The number of halogens is 2. The molecule has 0 bridgehead atoms. The van der Waals surface area contributed by atoms with Crippen LogP contribution < -0.4 is 9.47 Å². The van der Waals surface area contributed by atoms with Crippen molar-refractivity contribution in [1.82, 2.24) is 4.31 Å². The molecule has 1 fully saturated rings. The molecule has 0 amide bonds. The van der Waals surface area contributed by atoms with Crippen molar-refractivity contribution in [3.05, 3.63) is 53.6 Å². The van der Waals surface area contributed by atoms with E-state index in [2.05, 4.69) is 0 Å². The van der Waals surface area contributed by atoms with E-state index in [0.717, 1.165) is 17.7 Å². The molecule has 0 N–H and O–H groups in total. The molecule has 1 heterocycles. The van der Waals surface area contributed by atoms with Gasteiger partial charge in [0.15, 0.2) is 23.1 Å². The van der Waals surface area contributed by atoms with Crippen molar-refractivity contribution in [2.24, 2.45) is 0 Å². The standard InChI is InChI=1S/C18H19F2NO4S/c1-24-17-8-5-12(10-18(17)25-2)16-4-3-9-21(16)26(22,23)13-6-7-14(19)15(20)11-13/h5-8,10-11,16H,3-4,9H2,1-2H3. The lowest BCUT2D eigenvalue weighted by atomic mass is 10.0. The second kappa shape index (κ2) is 7.20. The number of rotatable bonds is 5. The van der Waals surface area contributed by atoms with Crippen LogP contribution in [0.3, 0.4) is 0 Å². The van der Waals surface area contributed by atoms with Gasteiger partial charge in [0.25, 0.3) is 0 Å². The topological polar surface area (TPSA) is 55.8 Å². The summed E-state index contributed by atoms with van der Waals surface area (Å²) in [4.78, 5) is -0.260. The third-order valence-corrected chi connectivity index (χ3v) is 6.40. The lowest BCUT2D eigenvalue weighted by Crippen LogP contribution is -2.30. The SMILES string of the molecule is COc1ccc(C2CCCN2S(=O)(=O)c2ccc(F)c(F)c2)cc1OC. The van der Waals surface area contributed by atoms with Crippen molar-refractivity contribution in [1.29, 1.82) is 0 Å². The third-order valence-electron chi connectivity index (χ3n) is 4.49. The highest BCUT2D eigenvalue weighted by Gasteiger charge is 2.36. The minimum absolute atomic E-state index is 0.260. The van der Waals surface area contributed by atoms with Crippen LogP contribution in [-0.4, -0.2) is 33.5 Å². The van der Waals surface area contributed by atoms with Crippen molar-refractivity contribution < 1.29 is 26.7 Å². The number of sulfonamides is 1. The van der Waals surface area contributed by atoms with Crippen LogP contribution in [-0.2, 0) is 10.0 Å². The largest absolute Gasteiger partial charge is 0.493 e. The van der Waals surface area contributed by atoms with Crippen molar-refractivity contribution in [2.75, 3.05) is 20.8 Å². The highest BCUT2D eigenvalue weighted by Crippen LogP contribution is 2.39. The van der Waals surface area contributed by atoms with Gasteiger partial charge in [0.1, 0.15) is 0 Å². The number of methoxy groups -OCH3 is 2. The van der Waals surface area contributed by atoms with E-state index in [1.54, 1.807) is 18.2 Å². The second-order valence-corrected chi connectivity index (χ2v) is 7.85. The molecule has 1 aliphatic heterocycles. The molecule has 0 radical (unpaired) electrons. The summed E-state index contributed by atoms with van der Waals surface area (Å²) in [6, 6.07) is 7.45. The van der Waals surface area contributed by atoms with E-state index in [9.17, 15) is 17.2 Å². The number of hydrogen-bond donors (Lipinski definition) is 0. The van der Waals surface area contributed by atoms with Gasteiger partial charge in [-0.15, -0.1) is 0 Å². The lowest BCUT2D eigenvalue weighted by Gasteiger charge is -2.25. The molecule has 140 valence electrons. The van der Waals surface area contributed by atoms with Gasteiger partial charge in [-0.25, -0.2) is 17.2 Å². The maximum absolute atomic E-state index is 13.5. The molecule has 26 heavy (non-hydrogen) atoms. The van der Waals surface area contributed by atoms with Gasteiger partial charge < -0.3 is 9.47 Å². The van der Waals surface area contributed by atoms with Crippen molar-refractivity contribution in [3.63, 3.8) is 0 Å². The van der Waals surface area contributed by atoms with Gasteiger partial charge in [-0.3, -0.25) is 0 Å². The summed E-state index contributed by atoms with van der Waals surface area (Å²) in [6.07, 6.45) is 1.29. The Balaban J connectivity index is 1.98. The van der Waals surface area contributed by atoms with Gasteiger partial charge in [0.05, 0.1) is 25.2 Å². The molecular weight excluding hydrogens is 364 g/mol. The maximum atomic E-state index is 13.5. The molecule has 2 aromatic carbocycles. The second-order valence-electron chi connectivity index (χ2n) is 5.96. The molecule has 1 aliphatic rings. The normalized spacial score (nSPS) is 18.1. The van der Waals surface area contributed by atoms with Crippen LogP contribution in [0.15, 0.2) is 41.3 Å². The molecule has 0 saturated carbocycles. The number of hydrogen-bond acceptors (Lipinski definition) is 4. The fourth-order valence-electron chi connectivity index (χ4n) is 3.19. The van der Waals surface area contributed by atoms with E-state index in [4.69, 9.17) is 9.47 Å². The van der Waals surface area contributed by atoms with E-state index in [0.29, 0.717) is 37.0 Å². The Morgan fingerprint density at radius 2 is 1.73 bits per heavy atom. The highest BCUT2D eigenvalue weighted by molar-refractivity contribution is 7.89. The number of nitrogens with zero attached hydrogens (tertiary/aromatic N) is 1. The quantitative estimate of drug-likeness (QED) is 0.793. The maximum Gasteiger partial charge on any atom is 0.243 e.